The zero-order valence-corrected chi connectivity index (χ0v) is 12.3. The molecular formula is C17H25NO. The third-order valence-electron chi connectivity index (χ3n) is 3.40. The fourth-order valence-electron chi connectivity index (χ4n) is 2.04. The molecule has 2 nitrogen and oxygen atoms in total. The lowest BCUT2D eigenvalue weighted by molar-refractivity contribution is 0.206. The van der Waals surface area contributed by atoms with Gasteiger partial charge in [0.1, 0.15) is 0 Å². The molecule has 1 aromatic carbocycles. The Morgan fingerprint density at radius 2 is 2.11 bits per heavy atom. The maximum absolute atomic E-state index is 8.73. The minimum Gasteiger partial charge on any atom is -0.395 e. The number of hydrogen-bond donors (Lipinski definition) is 1. The molecule has 1 N–H and O–H groups in total. The molecular weight excluding hydrogens is 234 g/mol. The van der Waals surface area contributed by atoms with Gasteiger partial charge in [-0.05, 0) is 37.6 Å². The highest BCUT2D eigenvalue weighted by Gasteiger charge is 2.10. The van der Waals surface area contributed by atoms with E-state index in [1.807, 2.05) is 6.07 Å². The van der Waals surface area contributed by atoms with Crippen molar-refractivity contribution in [1.82, 2.24) is 4.90 Å². The first kappa shape index (κ1) is 15.8. The fraction of sp³-hybridized carbons (Fsp3) is 0.529. The lowest BCUT2D eigenvalue weighted by Gasteiger charge is -2.27. The Balaban J connectivity index is 2.74. The van der Waals surface area contributed by atoms with Gasteiger partial charge in [-0.2, -0.15) is 0 Å². The summed E-state index contributed by atoms with van der Waals surface area (Å²) >= 11 is 0. The third-order valence-corrected chi connectivity index (χ3v) is 3.40. The minimum absolute atomic E-state index is 0.129. The van der Waals surface area contributed by atoms with Crippen LogP contribution in [0.2, 0.25) is 0 Å². The van der Waals surface area contributed by atoms with Crippen molar-refractivity contribution in [3.8, 4) is 11.8 Å². The van der Waals surface area contributed by atoms with E-state index < -0.39 is 0 Å². The van der Waals surface area contributed by atoms with Gasteiger partial charge in [0.15, 0.2) is 0 Å². The molecule has 0 aliphatic carbocycles. The number of nitrogens with zero attached hydrogens (tertiary/aromatic N) is 1. The predicted octanol–water partition coefficient (Wildman–Crippen LogP) is 3.04. The van der Waals surface area contributed by atoms with Crippen molar-refractivity contribution in [3.63, 3.8) is 0 Å². The average Bonchev–Trinajstić information content (AvgIpc) is 2.44. The van der Waals surface area contributed by atoms with Crippen molar-refractivity contribution in [3.05, 3.63) is 35.4 Å². The summed E-state index contributed by atoms with van der Waals surface area (Å²) in [5, 5.41) is 8.73. The molecule has 1 rings (SSSR count). The van der Waals surface area contributed by atoms with Gasteiger partial charge in [-0.15, -0.1) is 0 Å². The Hall–Kier alpha value is -1.30. The van der Waals surface area contributed by atoms with Crippen LogP contribution in [0.4, 0.5) is 0 Å². The third kappa shape index (κ3) is 5.46. The van der Waals surface area contributed by atoms with Crippen LogP contribution in [0.3, 0.4) is 0 Å². The second kappa shape index (κ2) is 8.74. The maximum atomic E-state index is 8.73. The Labute approximate surface area is 117 Å². The molecule has 2 heteroatoms. The molecule has 0 bridgehead atoms. The maximum Gasteiger partial charge on any atom is 0.0540 e. The topological polar surface area (TPSA) is 23.5 Å². The quantitative estimate of drug-likeness (QED) is 0.794. The molecule has 0 aliphatic rings. The van der Waals surface area contributed by atoms with Gasteiger partial charge < -0.3 is 5.11 Å². The Kier molecular flexibility index (Phi) is 7.25. The van der Waals surface area contributed by atoms with Gasteiger partial charge in [-0.25, -0.2) is 0 Å². The van der Waals surface area contributed by atoms with E-state index in [1.165, 1.54) is 12.0 Å². The SMILES string of the molecule is CCC(C)N(CC)Cc1cccc(C#CCCO)c1. The summed E-state index contributed by atoms with van der Waals surface area (Å²) in [4.78, 5) is 2.47. The van der Waals surface area contributed by atoms with E-state index in [0.29, 0.717) is 12.5 Å². The van der Waals surface area contributed by atoms with Gasteiger partial charge in [-0.1, -0.05) is 37.8 Å². The fourth-order valence-corrected chi connectivity index (χ4v) is 2.04. The molecule has 0 spiro atoms. The Morgan fingerprint density at radius 3 is 2.74 bits per heavy atom. The molecule has 0 amide bonds. The van der Waals surface area contributed by atoms with Crippen molar-refractivity contribution in [1.29, 1.82) is 0 Å². The molecule has 0 heterocycles. The molecule has 0 fully saturated rings. The number of benzene rings is 1. The number of hydrogen-bond acceptors (Lipinski definition) is 2. The molecule has 1 unspecified atom stereocenters. The Morgan fingerprint density at radius 1 is 1.32 bits per heavy atom. The van der Waals surface area contributed by atoms with E-state index in [2.05, 4.69) is 55.7 Å². The second-order valence-electron chi connectivity index (χ2n) is 4.80. The number of aliphatic hydroxyl groups excluding tert-OH is 1. The van der Waals surface area contributed by atoms with E-state index >= 15 is 0 Å². The van der Waals surface area contributed by atoms with E-state index in [4.69, 9.17) is 5.11 Å². The van der Waals surface area contributed by atoms with Gasteiger partial charge in [0.2, 0.25) is 0 Å². The first-order valence-electron chi connectivity index (χ1n) is 7.14. The summed E-state index contributed by atoms with van der Waals surface area (Å²) in [6.45, 7) is 8.87. The van der Waals surface area contributed by atoms with E-state index in [0.717, 1.165) is 18.7 Å². The van der Waals surface area contributed by atoms with Crippen LogP contribution in [-0.2, 0) is 6.54 Å². The summed E-state index contributed by atoms with van der Waals surface area (Å²) in [7, 11) is 0. The second-order valence-corrected chi connectivity index (χ2v) is 4.80. The minimum atomic E-state index is 0.129. The molecule has 0 aromatic heterocycles. The van der Waals surface area contributed by atoms with E-state index in [9.17, 15) is 0 Å². The highest BCUT2D eigenvalue weighted by Crippen LogP contribution is 2.11. The van der Waals surface area contributed by atoms with E-state index in [-0.39, 0.29) is 6.61 Å². The van der Waals surface area contributed by atoms with E-state index in [1.54, 1.807) is 0 Å². The highest BCUT2D eigenvalue weighted by atomic mass is 16.2. The molecule has 104 valence electrons. The van der Waals surface area contributed by atoms with Crippen LogP contribution in [0.25, 0.3) is 0 Å². The van der Waals surface area contributed by atoms with Gasteiger partial charge in [0.25, 0.3) is 0 Å². The summed E-state index contributed by atoms with van der Waals surface area (Å²) < 4.78 is 0. The normalized spacial score (nSPS) is 12.1. The molecule has 19 heavy (non-hydrogen) atoms. The van der Waals surface area contributed by atoms with Gasteiger partial charge in [-0.3, -0.25) is 4.90 Å². The van der Waals surface area contributed by atoms with Crippen molar-refractivity contribution in [2.24, 2.45) is 0 Å². The molecule has 0 saturated carbocycles. The summed E-state index contributed by atoms with van der Waals surface area (Å²) in [5.74, 6) is 6.06. The highest BCUT2D eigenvalue weighted by molar-refractivity contribution is 5.37. The largest absolute Gasteiger partial charge is 0.395 e. The lowest BCUT2D eigenvalue weighted by Crippen LogP contribution is -2.31. The van der Waals surface area contributed by atoms with Crippen LogP contribution >= 0.6 is 0 Å². The van der Waals surface area contributed by atoms with Gasteiger partial charge >= 0.3 is 0 Å². The number of rotatable bonds is 6. The lowest BCUT2D eigenvalue weighted by atomic mass is 10.1. The van der Waals surface area contributed by atoms with Crippen LogP contribution < -0.4 is 0 Å². The van der Waals surface area contributed by atoms with Crippen LogP contribution in [-0.4, -0.2) is 29.2 Å². The Bertz CT molecular complexity index is 430. The molecule has 1 aromatic rings. The summed E-state index contributed by atoms with van der Waals surface area (Å²) in [5.41, 5.74) is 2.34. The summed E-state index contributed by atoms with van der Waals surface area (Å²) in [6.07, 6.45) is 1.71. The van der Waals surface area contributed by atoms with Gasteiger partial charge in [0, 0.05) is 24.6 Å². The first-order chi connectivity index (χ1) is 9.21. The van der Waals surface area contributed by atoms with Crippen molar-refractivity contribution in [2.45, 2.75) is 46.2 Å². The molecule has 0 saturated heterocycles. The zero-order chi connectivity index (χ0) is 14.1. The number of aliphatic hydroxyl groups is 1. The zero-order valence-electron chi connectivity index (χ0n) is 12.3. The smallest absolute Gasteiger partial charge is 0.0540 e. The van der Waals surface area contributed by atoms with Crippen LogP contribution in [0.5, 0.6) is 0 Å². The monoisotopic (exact) mass is 259 g/mol. The van der Waals surface area contributed by atoms with Crippen LogP contribution in [0, 0.1) is 11.8 Å². The predicted molar refractivity (Wildman–Crippen MR) is 80.9 cm³/mol. The van der Waals surface area contributed by atoms with Crippen LogP contribution in [0.1, 0.15) is 44.7 Å². The average molecular weight is 259 g/mol. The van der Waals surface area contributed by atoms with Crippen molar-refractivity contribution in [2.75, 3.05) is 13.2 Å². The molecule has 0 aliphatic heterocycles. The molecule has 0 radical (unpaired) electrons. The van der Waals surface area contributed by atoms with Crippen molar-refractivity contribution >= 4 is 0 Å². The molecule has 1 atom stereocenters. The van der Waals surface area contributed by atoms with Crippen LogP contribution in [0.15, 0.2) is 24.3 Å². The van der Waals surface area contributed by atoms with Crippen molar-refractivity contribution < 1.29 is 5.11 Å². The van der Waals surface area contributed by atoms with Gasteiger partial charge in [0.05, 0.1) is 6.61 Å². The summed E-state index contributed by atoms with van der Waals surface area (Å²) in [6, 6.07) is 8.99. The first-order valence-corrected chi connectivity index (χ1v) is 7.14. The standard InChI is InChI=1S/C17H25NO/c1-4-15(3)18(5-2)14-17-11-8-10-16(13-17)9-6-7-12-19/h8,10-11,13,15,19H,4-5,7,12,14H2,1-3H3.